The minimum absolute atomic E-state index is 0.0220. The maximum atomic E-state index is 14.6. The molecule has 20 heteroatoms. The fraction of sp³-hybridized carbons (Fsp3) is 0.732. The molecule has 4 rings (SSSR count). The summed E-state index contributed by atoms with van der Waals surface area (Å²) in [5.74, 6) is -10.8. The number of ether oxygens (including phenoxy) is 5. The lowest BCUT2D eigenvalue weighted by Gasteiger charge is -2.43. The van der Waals surface area contributed by atoms with Crippen LogP contribution in [0.1, 0.15) is 139 Å². The van der Waals surface area contributed by atoms with E-state index in [9.17, 15) is 54.2 Å². The standard InChI is InChI=1S/C56H87N3O17/c1-32(2)73-55(67)59(70)44-30-41-23-21-39(9)56(68,75-41)51(63)52(64)58-25-17-16-20-43(58)54(66)74-46(36(6)28-40-22-24-42(47(29-40)71-11)53(65)76-57(10)69)31-45(60)35(5)27-38(8)49(62)50(72-12)48(61)37(7)26-33(3)18-14-13-15-19-34(44)4/h13-15,18-19,27,32-33,35-37,39-44,46-47,49-50,62,68-70H,16-17,20-26,28-31H2,1-12H3/b15-13+,18-14+,34-19+,38-27+/t33-,35-,36-,37-,39-,40+,41+,42-,43+,44+,46+,47-,49-,50+,56-/m1/s1. The van der Waals surface area contributed by atoms with E-state index in [-0.39, 0.29) is 62.1 Å². The first-order valence-corrected chi connectivity index (χ1v) is 27.0. The van der Waals surface area contributed by atoms with E-state index in [4.69, 9.17) is 28.5 Å². The molecule has 2 bridgehead atoms. The Labute approximate surface area is 448 Å². The maximum absolute atomic E-state index is 14.6. The lowest BCUT2D eigenvalue weighted by molar-refractivity contribution is -0.306. The van der Waals surface area contributed by atoms with Gasteiger partial charge in [-0.05, 0) is 126 Å². The van der Waals surface area contributed by atoms with Crippen molar-refractivity contribution in [3.63, 3.8) is 0 Å². The molecule has 15 atom stereocenters. The molecule has 3 aliphatic heterocycles. The molecule has 0 spiro atoms. The molecule has 2 saturated heterocycles. The smallest absolute Gasteiger partial charge is 0.434 e. The molecular weight excluding hydrogens is 987 g/mol. The van der Waals surface area contributed by atoms with Gasteiger partial charge in [0.1, 0.15) is 30.1 Å². The molecule has 0 aromatic carbocycles. The number of rotatable bonds is 9. The van der Waals surface area contributed by atoms with Crippen LogP contribution in [0.5, 0.6) is 0 Å². The number of carbonyl (C=O) groups is 7. The summed E-state index contributed by atoms with van der Waals surface area (Å²) in [6.45, 7) is 15.3. The number of allylic oxidation sites excluding steroid dienone is 6. The molecule has 0 radical (unpaired) electrons. The van der Waals surface area contributed by atoms with Gasteiger partial charge in [0.15, 0.2) is 5.78 Å². The molecule has 1 aliphatic carbocycles. The Bertz CT molecular complexity index is 2140. The molecule has 2 amide bonds. The summed E-state index contributed by atoms with van der Waals surface area (Å²) in [6, 6.07) is -2.34. The minimum atomic E-state index is -2.65. The Hall–Kier alpha value is -4.67. The zero-order valence-corrected chi connectivity index (χ0v) is 46.8. The number of esters is 1. The molecule has 4 aliphatic rings. The Morgan fingerprint density at radius 1 is 0.882 bits per heavy atom. The van der Waals surface area contributed by atoms with E-state index in [1.165, 1.54) is 21.3 Å². The van der Waals surface area contributed by atoms with Gasteiger partial charge in [-0.2, -0.15) is 5.06 Å². The topological polar surface area (TPSA) is 266 Å². The maximum Gasteiger partial charge on any atom is 0.434 e. The number of fused-ring (bicyclic) bond motifs is 3. The second-order valence-electron chi connectivity index (χ2n) is 22.1. The van der Waals surface area contributed by atoms with Crippen molar-refractivity contribution in [1.29, 1.82) is 0 Å². The lowest BCUT2D eigenvalue weighted by atomic mass is 9.75. The van der Waals surface area contributed by atoms with Crippen LogP contribution in [0.2, 0.25) is 0 Å². The third-order valence-corrected chi connectivity index (χ3v) is 15.6. The Kier molecular flexibility index (Phi) is 24.7. The van der Waals surface area contributed by atoms with Gasteiger partial charge < -0.3 is 43.6 Å². The number of Topliss-reactive ketones (excluding diaryl/α,β-unsaturated/α-hetero) is 3. The molecule has 0 aromatic heterocycles. The normalized spacial score (nSPS) is 36.2. The van der Waals surface area contributed by atoms with Crippen molar-refractivity contribution in [2.45, 2.75) is 194 Å². The van der Waals surface area contributed by atoms with Crippen molar-refractivity contribution < 1.29 is 82.7 Å². The first kappa shape index (κ1) is 63.9. The number of methoxy groups -OCH3 is 2. The fourth-order valence-corrected chi connectivity index (χ4v) is 11.0. The van der Waals surface area contributed by atoms with E-state index in [0.717, 1.165) is 4.90 Å². The van der Waals surface area contributed by atoms with E-state index in [1.54, 1.807) is 78.8 Å². The average molecular weight is 1070 g/mol. The van der Waals surface area contributed by atoms with Crippen LogP contribution in [0.3, 0.4) is 0 Å². The number of hydrogen-bond donors (Lipinski definition) is 4. The van der Waals surface area contributed by atoms with Gasteiger partial charge in [-0.3, -0.25) is 29.6 Å². The van der Waals surface area contributed by atoms with Crippen LogP contribution in [0.4, 0.5) is 4.79 Å². The molecule has 428 valence electrons. The highest BCUT2D eigenvalue weighted by atomic mass is 16.9. The van der Waals surface area contributed by atoms with Gasteiger partial charge in [-0.15, -0.1) is 0 Å². The molecule has 20 nitrogen and oxygen atoms in total. The van der Waals surface area contributed by atoms with Crippen molar-refractivity contribution >= 4 is 41.3 Å². The summed E-state index contributed by atoms with van der Waals surface area (Å²) in [5.41, 5.74) is 0.812. The zero-order chi connectivity index (χ0) is 56.8. The fourth-order valence-electron chi connectivity index (χ4n) is 11.0. The molecular formula is C56H87N3O17. The molecule has 76 heavy (non-hydrogen) atoms. The molecule has 3 heterocycles. The van der Waals surface area contributed by atoms with Gasteiger partial charge in [0.05, 0.1) is 37.3 Å². The van der Waals surface area contributed by atoms with Gasteiger partial charge in [-0.25, -0.2) is 14.4 Å². The predicted octanol–water partition coefficient (Wildman–Crippen LogP) is 6.80. The SMILES string of the molecule is CO[C@@H]1C[C@H](C[C@@H](C)[C@@H]2CC(=O)[C@H](C)/C=C(\C)[C@@H](O)[C@@H](OC)C(=O)[C@H](C)C[C@H](C)/C=C/C=C/C=C(\C)[C@@H](N(O)C(=O)OC(C)C)C[C@@H]3CC[C@@H](C)[C@@](O)(O3)C(=O)C(=O)N3CCCC[C@H]3C(=O)O2)CC[C@H]1C(=O)ON(C)O. The van der Waals surface area contributed by atoms with Gasteiger partial charge in [-0.1, -0.05) is 71.1 Å². The summed E-state index contributed by atoms with van der Waals surface area (Å²) in [5, 5.41) is 45.3. The third kappa shape index (κ3) is 17.2. The van der Waals surface area contributed by atoms with Gasteiger partial charge in [0, 0.05) is 51.4 Å². The minimum Gasteiger partial charge on any atom is -0.460 e. The second-order valence-corrected chi connectivity index (χ2v) is 22.1. The summed E-state index contributed by atoms with van der Waals surface area (Å²) in [7, 11) is 3.99. The Morgan fingerprint density at radius 3 is 2.22 bits per heavy atom. The predicted molar refractivity (Wildman–Crippen MR) is 276 cm³/mol. The van der Waals surface area contributed by atoms with Crippen molar-refractivity contribution in [2.24, 2.45) is 41.4 Å². The molecule has 0 aromatic rings. The third-order valence-electron chi connectivity index (χ3n) is 15.6. The van der Waals surface area contributed by atoms with Crippen LogP contribution < -0.4 is 0 Å². The number of aliphatic hydroxyl groups is 2. The van der Waals surface area contributed by atoms with Gasteiger partial charge in [0.25, 0.3) is 11.7 Å². The largest absolute Gasteiger partial charge is 0.460 e. The summed E-state index contributed by atoms with van der Waals surface area (Å²) in [6.07, 6.45) is 6.92. The Morgan fingerprint density at radius 2 is 1.58 bits per heavy atom. The number of nitrogens with zero attached hydrogens (tertiary/aromatic N) is 3. The number of carbonyl (C=O) groups excluding carboxylic acids is 7. The van der Waals surface area contributed by atoms with Gasteiger partial charge >= 0.3 is 18.0 Å². The van der Waals surface area contributed by atoms with Crippen LogP contribution >= 0.6 is 0 Å². The quantitative estimate of drug-likeness (QED) is 0.0608. The van der Waals surface area contributed by atoms with E-state index in [0.29, 0.717) is 66.4 Å². The average Bonchev–Trinajstić information content (AvgIpc) is 3.37. The first-order valence-electron chi connectivity index (χ1n) is 27.0. The van der Waals surface area contributed by atoms with E-state index >= 15 is 0 Å². The van der Waals surface area contributed by atoms with E-state index in [1.807, 2.05) is 19.9 Å². The number of ketones is 3. The van der Waals surface area contributed by atoms with E-state index in [2.05, 4.69) is 0 Å². The highest BCUT2D eigenvalue weighted by Crippen LogP contribution is 2.39. The van der Waals surface area contributed by atoms with E-state index < -0.39 is 114 Å². The number of cyclic esters (lactones) is 1. The zero-order valence-electron chi connectivity index (χ0n) is 46.8. The lowest BCUT2D eigenvalue weighted by Crippen LogP contribution is -2.61. The Balaban J connectivity index is 1.75. The monoisotopic (exact) mass is 1070 g/mol. The number of amides is 2. The highest BCUT2D eigenvalue weighted by molar-refractivity contribution is 6.39. The molecule has 0 unspecified atom stereocenters. The van der Waals surface area contributed by atoms with Crippen LogP contribution in [0, 0.1) is 41.4 Å². The van der Waals surface area contributed by atoms with Crippen molar-refractivity contribution in [3.8, 4) is 0 Å². The number of hydrogen-bond acceptors (Lipinski definition) is 18. The summed E-state index contributed by atoms with van der Waals surface area (Å²) in [4.78, 5) is 104. The molecule has 4 N–H and O–H groups in total. The highest BCUT2D eigenvalue weighted by Gasteiger charge is 2.53. The van der Waals surface area contributed by atoms with Crippen LogP contribution in [-0.2, 0) is 57.3 Å². The van der Waals surface area contributed by atoms with Crippen LogP contribution in [0.15, 0.2) is 47.6 Å². The van der Waals surface area contributed by atoms with Crippen molar-refractivity contribution in [3.05, 3.63) is 47.6 Å². The van der Waals surface area contributed by atoms with Crippen LogP contribution in [0.25, 0.3) is 0 Å². The van der Waals surface area contributed by atoms with Crippen molar-refractivity contribution in [2.75, 3.05) is 27.8 Å². The summed E-state index contributed by atoms with van der Waals surface area (Å²) >= 11 is 0. The summed E-state index contributed by atoms with van der Waals surface area (Å²) < 4.78 is 29.0. The van der Waals surface area contributed by atoms with Gasteiger partial charge in [0.2, 0.25) is 5.79 Å². The number of piperidine rings is 1. The molecule has 3 fully saturated rings. The molecule has 1 saturated carbocycles. The number of hydroxylamine groups is 4. The second kappa shape index (κ2) is 29.3. The first-order chi connectivity index (χ1) is 35.7. The number of aliphatic hydroxyl groups excluding tert-OH is 1. The van der Waals surface area contributed by atoms with Crippen LogP contribution in [-0.4, -0.2) is 159 Å². The van der Waals surface area contributed by atoms with Crippen molar-refractivity contribution in [1.82, 2.24) is 15.2 Å².